The molecule has 0 bridgehead atoms. The number of carbonyl (C=O) groups is 1. The second-order valence-electron chi connectivity index (χ2n) is 5.69. The molecule has 1 heterocycles. The molecule has 0 radical (unpaired) electrons. The fourth-order valence-electron chi connectivity index (χ4n) is 3.25. The van der Waals surface area contributed by atoms with Gasteiger partial charge in [0.25, 0.3) is 0 Å². The average molecular weight is 290 g/mol. The molecule has 1 saturated carbocycles. The van der Waals surface area contributed by atoms with Gasteiger partial charge in [0.05, 0.1) is 6.04 Å². The predicted octanol–water partition coefficient (Wildman–Crippen LogP) is 1.62. The van der Waals surface area contributed by atoms with Gasteiger partial charge in [-0.2, -0.15) is 0 Å². The van der Waals surface area contributed by atoms with E-state index in [1.807, 2.05) is 4.90 Å². The quantitative estimate of drug-likeness (QED) is 0.856. The van der Waals surface area contributed by atoms with Crippen LogP contribution >= 0.6 is 12.4 Å². The summed E-state index contributed by atoms with van der Waals surface area (Å²) in [5.74, 6) is 0.155. The van der Waals surface area contributed by atoms with Crippen molar-refractivity contribution >= 4 is 18.3 Å². The maximum Gasteiger partial charge on any atom is 0.239 e. The van der Waals surface area contributed by atoms with Crippen LogP contribution in [-0.4, -0.2) is 54.0 Å². The Morgan fingerprint density at radius 2 is 1.79 bits per heavy atom. The number of nitrogens with zero attached hydrogens (tertiary/aromatic N) is 2. The van der Waals surface area contributed by atoms with Crippen molar-refractivity contribution in [2.75, 3.05) is 26.2 Å². The first kappa shape index (κ1) is 16.7. The lowest BCUT2D eigenvalue weighted by Crippen LogP contribution is -2.54. The van der Waals surface area contributed by atoms with Crippen LogP contribution < -0.4 is 5.73 Å². The molecule has 2 N–H and O–H groups in total. The highest BCUT2D eigenvalue weighted by Crippen LogP contribution is 2.24. The molecule has 2 aliphatic rings. The molecule has 0 aromatic carbocycles. The highest BCUT2D eigenvalue weighted by atomic mass is 35.5. The molecule has 1 aliphatic heterocycles. The molecule has 1 saturated heterocycles. The summed E-state index contributed by atoms with van der Waals surface area (Å²) in [7, 11) is 0. The van der Waals surface area contributed by atoms with Gasteiger partial charge in [0, 0.05) is 32.2 Å². The zero-order valence-electron chi connectivity index (χ0n) is 12.0. The molecule has 1 unspecified atom stereocenters. The highest BCUT2D eigenvalue weighted by molar-refractivity contribution is 5.85. The first-order chi connectivity index (χ1) is 8.72. The van der Waals surface area contributed by atoms with Crippen LogP contribution in [0.3, 0.4) is 0 Å². The Hall–Kier alpha value is -0.320. The Balaban J connectivity index is 0.00000180. The predicted molar refractivity (Wildman–Crippen MR) is 80.5 cm³/mol. The average Bonchev–Trinajstić information content (AvgIpc) is 2.92. The SMILES string of the molecule is CCCC(N)C(=O)N1CCN(C2CCCC2)CC1.Cl. The third kappa shape index (κ3) is 4.33. The lowest BCUT2D eigenvalue weighted by atomic mass is 10.1. The van der Waals surface area contributed by atoms with Crippen LogP contribution in [-0.2, 0) is 4.79 Å². The van der Waals surface area contributed by atoms with Gasteiger partial charge in [-0.1, -0.05) is 26.2 Å². The van der Waals surface area contributed by atoms with Gasteiger partial charge in [0.15, 0.2) is 0 Å². The molecule has 1 atom stereocenters. The van der Waals surface area contributed by atoms with Crippen molar-refractivity contribution in [1.29, 1.82) is 0 Å². The number of amides is 1. The monoisotopic (exact) mass is 289 g/mol. The summed E-state index contributed by atoms with van der Waals surface area (Å²) in [5.41, 5.74) is 5.91. The molecule has 112 valence electrons. The highest BCUT2D eigenvalue weighted by Gasteiger charge is 2.29. The normalized spacial score (nSPS) is 23.2. The van der Waals surface area contributed by atoms with Crippen molar-refractivity contribution in [1.82, 2.24) is 9.80 Å². The van der Waals surface area contributed by atoms with Crippen LogP contribution in [0.4, 0.5) is 0 Å². The van der Waals surface area contributed by atoms with Crippen molar-refractivity contribution in [3.63, 3.8) is 0 Å². The number of hydrogen-bond donors (Lipinski definition) is 1. The minimum absolute atomic E-state index is 0. The fraction of sp³-hybridized carbons (Fsp3) is 0.929. The molecular formula is C14H28ClN3O. The zero-order valence-corrected chi connectivity index (χ0v) is 12.8. The third-order valence-corrected chi connectivity index (χ3v) is 4.38. The Morgan fingerprint density at radius 3 is 2.32 bits per heavy atom. The number of rotatable bonds is 4. The summed E-state index contributed by atoms with van der Waals surface area (Å²) >= 11 is 0. The summed E-state index contributed by atoms with van der Waals surface area (Å²) in [6.07, 6.45) is 7.25. The van der Waals surface area contributed by atoms with Crippen molar-refractivity contribution in [3.8, 4) is 0 Å². The van der Waals surface area contributed by atoms with Crippen molar-refractivity contribution in [2.24, 2.45) is 5.73 Å². The summed E-state index contributed by atoms with van der Waals surface area (Å²) in [5, 5.41) is 0. The van der Waals surface area contributed by atoms with E-state index in [-0.39, 0.29) is 24.4 Å². The van der Waals surface area contributed by atoms with E-state index in [0.29, 0.717) is 0 Å². The molecule has 1 aliphatic carbocycles. The smallest absolute Gasteiger partial charge is 0.239 e. The van der Waals surface area contributed by atoms with Crippen LogP contribution in [0, 0.1) is 0 Å². The Labute approximate surface area is 123 Å². The molecule has 0 spiro atoms. The van der Waals surface area contributed by atoms with Crippen molar-refractivity contribution < 1.29 is 4.79 Å². The second-order valence-corrected chi connectivity index (χ2v) is 5.69. The van der Waals surface area contributed by atoms with Gasteiger partial charge in [-0.25, -0.2) is 0 Å². The number of halogens is 1. The maximum atomic E-state index is 12.1. The van der Waals surface area contributed by atoms with Crippen molar-refractivity contribution in [2.45, 2.75) is 57.5 Å². The Bertz CT molecular complexity index is 274. The summed E-state index contributed by atoms with van der Waals surface area (Å²) in [6, 6.07) is 0.500. The van der Waals surface area contributed by atoms with Gasteiger partial charge in [-0.3, -0.25) is 9.69 Å². The van der Waals surface area contributed by atoms with E-state index in [1.54, 1.807) is 0 Å². The Morgan fingerprint density at radius 1 is 1.21 bits per heavy atom. The lowest BCUT2D eigenvalue weighted by Gasteiger charge is -2.38. The second kappa shape index (κ2) is 8.08. The van der Waals surface area contributed by atoms with Gasteiger partial charge in [0.1, 0.15) is 0 Å². The number of carbonyl (C=O) groups excluding carboxylic acids is 1. The van der Waals surface area contributed by atoms with Gasteiger partial charge >= 0.3 is 0 Å². The molecule has 0 aromatic heterocycles. The van der Waals surface area contributed by atoms with E-state index >= 15 is 0 Å². The standard InChI is InChI=1S/C14H27N3O.ClH/c1-2-5-13(15)14(18)17-10-8-16(9-11-17)12-6-3-4-7-12;/h12-13H,2-11,15H2,1H3;1H. The molecule has 5 heteroatoms. The summed E-state index contributed by atoms with van der Waals surface area (Å²) in [4.78, 5) is 16.6. The van der Waals surface area contributed by atoms with Crippen LogP contribution in [0.5, 0.6) is 0 Å². The van der Waals surface area contributed by atoms with Gasteiger partial charge < -0.3 is 10.6 Å². The van der Waals surface area contributed by atoms with E-state index in [9.17, 15) is 4.79 Å². The molecular weight excluding hydrogens is 262 g/mol. The largest absolute Gasteiger partial charge is 0.339 e. The van der Waals surface area contributed by atoms with E-state index < -0.39 is 0 Å². The van der Waals surface area contributed by atoms with Gasteiger partial charge in [-0.05, 0) is 19.3 Å². The van der Waals surface area contributed by atoms with E-state index in [2.05, 4.69) is 11.8 Å². The minimum atomic E-state index is -0.284. The van der Waals surface area contributed by atoms with E-state index in [0.717, 1.165) is 45.1 Å². The van der Waals surface area contributed by atoms with Crippen LogP contribution in [0.25, 0.3) is 0 Å². The van der Waals surface area contributed by atoms with Crippen LogP contribution in [0.1, 0.15) is 45.4 Å². The minimum Gasteiger partial charge on any atom is -0.339 e. The molecule has 4 nitrogen and oxygen atoms in total. The molecule has 2 rings (SSSR count). The topological polar surface area (TPSA) is 49.6 Å². The molecule has 2 fully saturated rings. The zero-order chi connectivity index (χ0) is 13.0. The molecule has 19 heavy (non-hydrogen) atoms. The first-order valence-corrected chi connectivity index (χ1v) is 7.50. The number of hydrogen-bond acceptors (Lipinski definition) is 3. The first-order valence-electron chi connectivity index (χ1n) is 7.50. The van der Waals surface area contributed by atoms with E-state index in [4.69, 9.17) is 5.73 Å². The van der Waals surface area contributed by atoms with Gasteiger partial charge in [0.2, 0.25) is 5.91 Å². The molecule has 0 aromatic rings. The van der Waals surface area contributed by atoms with Crippen LogP contribution in [0.15, 0.2) is 0 Å². The number of piperazine rings is 1. The Kier molecular flexibility index (Phi) is 7.11. The molecule has 1 amide bonds. The lowest BCUT2D eigenvalue weighted by molar-refractivity contribution is -0.134. The third-order valence-electron chi connectivity index (χ3n) is 4.38. The summed E-state index contributed by atoms with van der Waals surface area (Å²) < 4.78 is 0. The van der Waals surface area contributed by atoms with Crippen LogP contribution in [0.2, 0.25) is 0 Å². The number of nitrogens with two attached hydrogens (primary N) is 1. The van der Waals surface area contributed by atoms with Crippen molar-refractivity contribution in [3.05, 3.63) is 0 Å². The van der Waals surface area contributed by atoms with Gasteiger partial charge in [-0.15, -0.1) is 12.4 Å². The summed E-state index contributed by atoms with van der Waals surface area (Å²) in [6.45, 7) is 5.88. The maximum absolute atomic E-state index is 12.1. The fourth-order valence-corrected chi connectivity index (χ4v) is 3.25. The van der Waals surface area contributed by atoms with E-state index in [1.165, 1.54) is 25.7 Å².